The van der Waals surface area contributed by atoms with Gasteiger partial charge in [-0.1, -0.05) is 6.07 Å². The number of H-pyrrole nitrogens is 1. The first kappa shape index (κ1) is 19.6. The molecule has 0 aliphatic carbocycles. The van der Waals surface area contributed by atoms with Crippen molar-refractivity contribution in [3.63, 3.8) is 0 Å². The SMILES string of the molecule is Cc1nc(N2CCOCC2)[nH]c(=O)c1CCC(=O)Nc1cccc(C(=O)O)c1. The minimum Gasteiger partial charge on any atom is -0.478 e. The molecule has 0 spiro atoms. The lowest BCUT2D eigenvalue weighted by Crippen LogP contribution is -2.38. The molecule has 148 valence electrons. The maximum atomic E-state index is 12.4. The molecular weight excluding hydrogens is 364 g/mol. The van der Waals surface area contributed by atoms with Gasteiger partial charge in [0.25, 0.3) is 5.56 Å². The molecule has 2 heterocycles. The van der Waals surface area contributed by atoms with Gasteiger partial charge in [0, 0.05) is 36.5 Å². The molecule has 1 saturated heterocycles. The van der Waals surface area contributed by atoms with Crippen LogP contribution in [-0.2, 0) is 16.0 Å². The number of nitrogens with zero attached hydrogens (tertiary/aromatic N) is 2. The molecule has 1 fully saturated rings. The van der Waals surface area contributed by atoms with Gasteiger partial charge in [-0.05, 0) is 31.5 Å². The van der Waals surface area contributed by atoms with Gasteiger partial charge in [0.05, 0.1) is 18.8 Å². The van der Waals surface area contributed by atoms with Crippen LogP contribution in [0.5, 0.6) is 0 Å². The number of ether oxygens (including phenoxy) is 1. The molecule has 0 unspecified atom stereocenters. The van der Waals surface area contributed by atoms with Crippen molar-refractivity contribution in [1.82, 2.24) is 9.97 Å². The number of carboxylic acid groups (broad SMARTS) is 1. The van der Waals surface area contributed by atoms with Gasteiger partial charge in [-0.15, -0.1) is 0 Å². The Morgan fingerprint density at radius 3 is 2.75 bits per heavy atom. The number of carbonyl (C=O) groups is 2. The summed E-state index contributed by atoms with van der Waals surface area (Å²) in [6.45, 7) is 4.27. The first-order chi connectivity index (χ1) is 13.4. The van der Waals surface area contributed by atoms with E-state index < -0.39 is 5.97 Å². The van der Waals surface area contributed by atoms with Crippen LogP contribution in [0.2, 0.25) is 0 Å². The van der Waals surface area contributed by atoms with Crippen molar-refractivity contribution in [2.24, 2.45) is 0 Å². The summed E-state index contributed by atoms with van der Waals surface area (Å²) in [5.41, 5.74) is 1.29. The highest BCUT2D eigenvalue weighted by atomic mass is 16.5. The number of nitrogens with one attached hydrogen (secondary N) is 2. The third-order valence-corrected chi connectivity index (χ3v) is 4.52. The minimum atomic E-state index is -1.07. The molecule has 1 aromatic heterocycles. The minimum absolute atomic E-state index is 0.0831. The standard InChI is InChI=1S/C19H22N4O5/c1-12-15(17(25)22-19(20-12)23-7-9-28-10-8-23)5-6-16(24)21-14-4-2-3-13(11-14)18(26)27/h2-4,11H,5-10H2,1H3,(H,21,24)(H,26,27)(H,20,22,25). The van der Waals surface area contributed by atoms with Crippen molar-refractivity contribution in [1.29, 1.82) is 0 Å². The van der Waals surface area contributed by atoms with E-state index in [2.05, 4.69) is 15.3 Å². The lowest BCUT2D eigenvalue weighted by molar-refractivity contribution is -0.116. The first-order valence-electron chi connectivity index (χ1n) is 9.00. The van der Waals surface area contributed by atoms with Gasteiger partial charge in [-0.3, -0.25) is 14.6 Å². The Bertz CT molecular complexity index is 934. The van der Waals surface area contributed by atoms with Crippen LogP contribution in [0.1, 0.15) is 28.0 Å². The largest absolute Gasteiger partial charge is 0.478 e. The van der Waals surface area contributed by atoms with Crippen LogP contribution in [-0.4, -0.2) is 53.3 Å². The predicted octanol–water partition coefficient (Wildman–Crippen LogP) is 1.18. The van der Waals surface area contributed by atoms with Crippen LogP contribution in [0, 0.1) is 6.92 Å². The van der Waals surface area contributed by atoms with Crippen LogP contribution in [0.15, 0.2) is 29.1 Å². The summed E-state index contributed by atoms with van der Waals surface area (Å²) >= 11 is 0. The number of morpholine rings is 1. The summed E-state index contributed by atoms with van der Waals surface area (Å²) in [6.07, 6.45) is 0.321. The summed E-state index contributed by atoms with van der Waals surface area (Å²) in [5.74, 6) is -0.854. The molecule has 1 amide bonds. The molecule has 28 heavy (non-hydrogen) atoms. The van der Waals surface area contributed by atoms with E-state index in [9.17, 15) is 14.4 Å². The van der Waals surface area contributed by atoms with Gasteiger partial charge < -0.3 is 20.1 Å². The number of benzene rings is 1. The number of rotatable bonds is 6. The number of aromatic amines is 1. The number of aryl methyl sites for hydroxylation is 1. The zero-order valence-corrected chi connectivity index (χ0v) is 15.5. The summed E-state index contributed by atoms with van der Waals surface area (Å²) in [5, 5.41) is 11.7. The van der Waals surface area contributed by atoms with Crippen molar-refractivity contribution < 1.29 is 19.4 Å². The molecule has 0 bridgehead atoms. The van der Waals surface area contributed by atoms with E-state index in [4.69, 9.17) is 9.84 Å². The molecule has 0 saturated carbocycles. The molecule has 2 aromatic rings. The molecule has 3 N–H and O–H groups in total. The number of amides is 1. The molecule has 0 radical (unpaired) electrons. The van der Waals surface area contributed by atoms with Crippen LogP contribution in [0.3, 0.4) is 0 Å². The van der Waals surface area contributed by atoms with Crippen molar-refractivity contribution in [2.45, 2.75) is 19.8 Å². The monoisotopic (exact) mass is 386 g/mol. The molecular formula is C19H22N4O5. The van der Waals surface area contributed by atoms with E-state index in [0.717, 1.165) is 0 Å². The summed E-state index contributed by atoms with van der Waals surface area (Å²) in [4.78, 5) is 44.8. The number of anilines is 2. The van der Waals surface area contributed by atoms with Gasteiger partial charge in [0.1, 0.15) is 0 Å². The Labute approximate surface area is 161 Å². The van der Waals surface area contributed by atoms with Crippen LogP contribution in [0.25, 0.3) is 0 Å². The van der Waals surface area contributed by atoms with E-state index >= 15 is 0 Å². The van der Waals surface area contributed by atoms with Crippen molar-refractivity contribution in [3.05, 3.63) is 51.4 Å². The van der Waals surface area contributed by atoms with E-state index in [1.54, 1.807) is 19.1 Å². The number of aromatic carboxylic acids is 1. The van der Waals surface area contributed by atoms with E-state index in [-0.39, 0.29) is 29.9 Å². The Kier molecular flexibility index (Phi) is 6.05. The fourth-order valence-corrected chi connectivity index (χ4v) is 3.01. The van der Waals surface area contributed by atoms with Gasteiger partial charge in [-0.2, -0.15) is 0 Å². The molecule has 9 heteroatoms. The summed E-state index contributed by atoms with van der Waals surface area (Å²) in [6, 6.07) is 6.00. The van der Waals surface area contributed by atoms with Crippen LogP contribution >= 0.6 is 0 Å². The lowest BCUT2D eigenvalue weighted by atomic mass is 10.1. The average Bonchev–Trinajstić information content (AvgIpc) is 2.68. The van der Waals surface area contributed by atoms with Crippen molar-refractivity contribution in [2.75, 3.05) is 36.5 Å². The van der Waals surface area contributed by atoms with E-state index in [0.29, 0.717) is 49.2 Å². The van der Waals surface area contributed by atoms with Gasteiger partial charge in [-0.25, -0.2) is 9.78 Å². The van der Waals surface area contributed by atoms with Crippen LogP contribution < -0.4 is 15.8 Å². The highest BCUT2D eigenvalue weighted by Gasteiger charge is 2.17. The van der Waals surface area contributed by atoms with Gasteiger partial charge in [0.15, 0.2) is 0 Å². The normalized spacial score (nSPS) is 14.0. The fourth-order valence-electron chi connectivity index (χ4n) is 3.01. The predicted molar refractivity (Wildman–Crippen MR) is 103 cm³/mol. The Morgan fingerprint density at radius 2 is 2.07 bits per heavy atom. The number of aromatic nitrogens is 2. The number of carboxylic acids is 1. The second kappa shape index (κ2) is 8.66. The lowest BCUT2D eigenvalue weighted by Gasteiger charge is -2.27. The van der Waals surface area contributed by atoms with Crippen molar-refractivity contribution >= 4 is 23.5 Å². The second-order valence-corrected chi connectivity index (χ2v) is 6.49. The second-order valence-electron chi connectivity index (χ2n) is 6.49. The summed E-state index contributed by atoms with van der Waals surface area (Å²) in [7, 11) is 0. The van der Waals surface area contributed by atoms with Crippen LogP contribution in [0.4, 0.5) is 11.6 Å². The first-order valence-corrected chi connectivity index (χ1v) is 9.00. The zero-order valence-electron chi connectivity index (χ0n) is 15.5. The quantitative estimate of drug-likeness (QED) is 0.681. The third kappa shape index (κ3) is 4.74. The number of carbonyl (C=O) groups excluding carboxylic acids is 1. The zero-order chi connectivity index (χ0) is 20.1. The fraction of sp³-hybridized carbons (Fsp3) is 0.368. The molecule has 3 rings (SSSR count). The highest BCUT2D eigenvalue weighted by molar-refractivity contribution is 5.93. The Hall–Kier alpha value is -3.20. The summed E-state index contributed by atoms with van der Waals surface area (Å²) < 4.78 is 5.30. The maximum Gasteiger partial charge on any atom is 0.335 e. The topological polar surface area (TPSA) is 125 Å². The van der Waals surface area contributed by atoms with Gasteiger partial charge >= 0.3 is 5.97 Å². The highest BCUT2D eigenvalue weighted by Crippen LogP contribution is 2.13. The molecule has 9 nitrogen and oxygen atoms in total. The molecule has 0 atom stereocenters. The van der Waals surface area contributed by atoms with Crippen molar-refractivity contribution in [3.8, 4) is 0 Å². The van der Waals surface area contributed by atoms with Gasteiger partial charge in [0.2, 0.25) is 11.9 Å². The van der Waals surface area contributed by atoms with E-state index in [1.165, 1.54) is 12.1 Å². The maximum absolute atomic E-state index is 12.4. The number of hydrogen-bond acceptors (Lipinski definition) is 6. The number of hydrogen-bond donors (Lipinski definition) is 3. The molecule has 1 aliphatic heterocycles. The average molecular weight is 386 g/mol. The smallest absolute Gasteiger partial charge is 0.335 e. The molecule has 1 aliphatic rings. The third-order valence-electron chi connectivity index (χ3n) is 4.52. The molecule has 1 aromatic carbocycles. The Balaban J connectivity index is 1.64. The van der Waals surface area contributed by atoms with E-state index in [1.807, 2.05) is 4.90 Å². The Morgan fingerprint density at radius 1 is 1.32 bits per heavy atom.